The van der Waals surface area contributed by atoms with Crippen molar-refractivity contribution in [2.24, 2.45) is 0 Å². The van der Waals surface area contributed by atoms with Crippen molar-refractivity contribution in [2.45, 2.75) is 205 Å². The summed E-state index contributed by atoms with van der Waals surface area (Å²) in [6.07, 6.45) is 50.7. The summed E-state index contributed by atoms with van der Waals surface area (Å²) in [4.78, 5) is 12.4. The third-order valence-electron chi connectivity index (χ3n) is 9.02. The normalized spacial score (nSPS) is 14.3. The maximum Gasteiger partial charge on any atom is 0.222 e. The molecule has 0 rings (SSSR count). The van der Waals surface area contributed by atoms with Gasteiger partial charge >= 0.3 is 0 Å². The van der Waals surface area contributed by atoms with Gasteiger partial charge in [-0.25, -0.2) is 0 Å². The molecule has 0 heterocycles. The highest BCUT2D eigenvalue weighted by atomic mass is 16.3. The molecule has 0 aliphatic rings. The Hall–Kier alpha value is -1.95. The van der Waals surface area contributed by atoms with Gasteiger partial charge in [-0.3, -0.25) is 4.79 Å². The fourth-order valence-electron chi connectivity index (χ4n) is 5.88. The lowest BCUT2D eigenvalue weighted by molar-refractivity contribution is -0.124. The Bertz CT molecular complexity index is 846. The third kappa shape index (κ3) is 35.7. The summed E-state index contributed by atoms with van der Waals surface area (Å²) in [5, 5.41) is 33.1. The molecular formula is C44H79NO4. The quantitative estimate of drug-likeness (QED) is 0.0390. The molecule has 0 radical (unpaired) electrons. The Morgan fingerprint density at radius 1 is 0.551 bits per heavy atom. The van der Waals surface area contributed by atoms with Crippen molar-refractivity contribution in [3.63, 3.8) is 0 Å². The van der Waals surface area contributed by atoms with E-state index >= 15 is 0 Å². The molecule has 0 aliphatic carbocycles. The summed E-state index contributed by atoms with van der Waals surface area (Å²) in [6.45, 7) is 4.07. The number of unbranched alkanes of at least 4 members (excludes halogenated alkanes) is 19. The number of amides is 1. The Morgan fingerprint density at radius 2 is 1.00 bits per heavy atom. The number of carbonyl (C=O) groups is 1. The van der Waals surface area contributed by atoms with Crippen molar-refractivity contribution >= 4 is 5.91 Å². The first-order valence-electron chi connectivity index (χ1n) is 20.6. The minimum Gasteiger partial charge on any atom is -0.394 e. The standard InChI is InChI=1S/C44H79NO4/c1-3-5-7-9-11-13-15-17-19-20-21-22-24-25-27-29-31-33-35-37-41(47)39-44(49)45-42(40-46)43(48)38-36-34-32-30-28-26-23-18-16-14-12-10-8-6-4-2/h5,7,11,13,16,18,28,30,36,38,41-43,46-48H,3-4,6,8-10,12,14-15,17,19-27,29,31-35,37,39-40H2,1-2H3,(H,45,49)/b7-5-,13-11-,18-16+,30-28+,38-36+. The molecule has 5 heteroatoms. The maximum absolute atomic E-state index is 12.4. The summed E-state index contributed by atoms with van der Waals surface area (Å²) < 4.78 is 0. The zero-order valence-electron chi connectivity index (χ0n) is 32.1. The summed E-state index contributed by atoms with van der Waals surface area (Å²) in [5.74, 6) is -0.334. The van der Waals surface area contributed by atoms with Gasteiger partial charge in [0, 0.05) is 0 Å². The van der Waals surface area contributed by atoms with E-state index in [1.807, 2.05) is 6.08 Å². The molecule has 0 fully saturated rings. The van der Waals surface area contributed by atoms with Gasteiger partial charge in [-0.1, -0.05) is 171 Å². The van der Waals surface area contributed by atoms with Gasteiger partial charge < -0.3 is 20.6 Å². The van der Waals surface area contributed by atoms with Crippen LogP contribution in [0.3, 0.4) is 0 Å². The van der Waals surface area contributed by atoms with Crippen LogP contribution in [-0.4, -0.2) is 46.1 Å². The fraction of sp³-hybridized carbons (Fsp3) is 0.750. The zero-order valence-corrected chi connectivity index (χ0v) is 32.1. The van der Waals surface area contributed by atoms with Gasteiger partial charge in [0.25, 0.3) is 0 Å². The highest BCUT2D eigenvalue weighted by Gasteiger charge is 2.20. The SMILES string of the molecule is CC/C=C\C/C=C\CCCCCCCCCCCCCCC(O)CC(=O)NC(CO)C(O)/C=C/CC/C=C/CC/C=C/CCCCCCC. The number of rotatable bonds is 36. The van der Waals surface area contributed by atoms with E-state index in [0.717, 1.165) is 51.4 Å². The number of nitrogens with one attached hydrogen (secondary N) is 1. The van der Waals surface area contributed by atoms with E-state index in [4.69, 9.17) is 0 Å². The van der Waals surface area contributed by atoms with Crippen LogP contribution in [0.15, 0.2) is 60.8 Å². The molecule has 0 aromatic carbocycles. The lowest BCUT2D eigenvalue weighted by Crippen LogP contribution is -2.45. The summed E-state index contributed by atoms with van der Waals surface area (Å²) in [7, 11) is 0. The minimum absolute atomic E-state index is 0.000773. The van der Waals surface area contributed by atoms with Gasteiger partial charge in [0.1, 0.15) is 0 Å². The molecule has 3 atom stereocenters. The van der Waals surface area contributed by atoms with Gasteiger partial charge in [0.2, 0.25) is 5.91 Å². The first-order chi connectivity index (χ1) is 24.0. The van der Waals surface area contributed by atoms with Crippen LogP contribution in [0.4, 0.5) is 0 Å². The summed E-state index contributed by atoms with van der Waals surface area (Å²) in [6, 6.07) is -0.768. The van der Waals surface area contributed by atoms with Crippen LogP contribution >= 0.6 is 0 Å². The summed E-state index contributed by atoms with van der Waals surface area (Å²) in [5.41, 5.74) is 0. The minimum atomic E-state index is -0.960. The number of hydrogen-bond acceptors (Lipinski definition) is 4. The Kier molecular flexibility index (Phi) is 37.3. The largest absolute Gasteiger partial charge is 0.394 e. The molecule has 0 saturated carbocycles. The van der Waals surface area contributed by atoms with Crippen LogP contribution in [0, 0.1) is 0 Å². The lowest BCUT2D eigenvalue weighted by atomic mass is 10.0. The van der Waals surface area contributed by atoms with E-state index in [-0.39, 0.29) is 18.9 Å². The van der Waals surface area contributed by atoms with Crippen molar-refractivity contribution in [1.82, 2.24) is 5.32 Å². The summed E-state index contributed by atoms with van der Waals surface area (Å²) >= 11 is 0. The van der Waals surface area contributed by atoms with Crippen LogP contribution < -0.4 is 5.32 Å². The van der Waals surface area contributed by atoms with Crippen molar-refractivity contribution in [2.75, 3.05) is 6.61 Å². The molecule has 0 aromatic heterocycles. The second-order valence-electron chi connectivity index (χ2n) is 13.8. The van der Waals surface area contributed by atoms with Gasteiger partial charge in [-0.15, -0.1) is 0 Å². The monoisotopic (exact) mass is 686 g/mol. The second kappa shape index (κ2) is 38.8. The van der Waals surface area contributed by atoms with E-state index in [2.05, 4.69) is 67.8 Å². The molecule has 5 nitrogen and oxygen atoms in total. The predicted molar refractivity (Wildman–Crippen MR) is 213 cm³/mol. The van der Waals surface area contributed by atoms with Crippen molar-refractivity contribution in [3.8, 4) is 0 Å². The Balaban J connectivity index is 3.74. The van der Waals surface area contributed by atoms with Crippen LogP contribution in [0.25, 0.3) is 0 Å². The third-order valence-corrected chi connectivity index (χ3v) is 9.02. The number of hydrogen-bond donors (Lipinski definition) is 4. The molecule has 4 N–H and O–H groups in total. The molecule has 0 spiro atoms. The maximum atomic E-state index is 12.4. The van der Waals surface area contributed by atoms with Gasteiger partial charge in [0.15, 0.2) is 0 Å². The number of aliphatic hydroxyl groups excluding tert-OH is 3. The van der Waals surface area contributed by atoms with Crippen molar-refractivity contribution in [1.29, 1.82) is 0 Å². The molecule has 49 heavy (non-hydrogen) atoms. The first-order valence-corrected chi connectivity index (χ1v) is 20.6. The molecule has 0 aliphatic heterocycles. The average Bonchev–Trinajstić information content (AvgIpc) is 3.09. The zero-order chi connectivity index (χ0) is 35.9. The predicted octanol–water partition coefficient (Wildman–Crippen LogP) is 11.5. The Morgan fingerprint density at radius 3 is 1.53 bits per heavy atom. The molecule has 284 valence electrons. The highest BCUT2D eigenvalue weighted by Crippen LogP contribution is 2.14. The average molecular weight is 686 g/mol. The van der Waals surface area contributed by atoms with Crippen molar-refractivity contribution in [3.05, 3.63) is 60.8 Å². The number of carbonyl (C=O) groups excluding carboxylic acids is 1. The Labute approximate surface area is 303 Å². The number of allylic oxidation sites excluding steroid dienone is 9. The van der Waals surface area contributed by atoms with Crippen molar-refractivity contribution < 1.29 is 20.1 Å². The first kappa shape index (κ1) is 47.0. The van der Waals surface area contributed by atoms with Gasteiger partial charge in [0.05, 0.1) is 31.3 Å². The highest BCUT2D eigenvalue weighted by molar-refractivity contribution is 5.76. The van der Waals surface area contributed by atoms with Crippen LogP contribution in [0.2, 0.25) is 0 Å². The molecule has 1 amide bonds. The van der Waals surface area contributed by atoms with E-state index in [0.29, 0.717) is 6.42 Å². The van der Waals surface area contributed by atoms with E-state index in [9.17, 15) is 20.1 Å². The smallest absolute Gasteiger partial charge is 0.222 e. The fourth-order valence-corrected chi connectivity index (χ4v) is 5.88. The molecule has 0 bridgehead atoms. The van der Waals surface area contributed by atoms with Crippen LogP contribution in [-0.2, 0) is 4.79 Å². The molecular weight excluding hydrogens is 606 g/mol. The van der Waals surface area contributed by atoms with Gasteiger partial charge in [-0.2, -0.15) is 0 Å². The van der Waals surface area contributed by atoms with Crippen LogP contribution in [0.5, 0.6) is 0 Å². The van der Waals surface area contributed by atoms with Gasteiger partial charge in [-0.05, 0) is 70.6 Å². The van der Waals surface area contributed by atoms with Crippen LogP contribution in [0.1, 0.15) is 187 Å². The van der Waals surface area contributed by atoms with E-state index in [1.165, 1.54) is 109 Å². The topological polar surface area (TPSA) is 89.8 Å². The van der Waals surface area contributed by atoms with E-state index < -0.39 is 18.2 Å². The number of aliphatic hydroxyl groups is 3. The molecule has 0 saturated heterocycles. The lowest BCUT2D eigenvalue weighted by Gasteiger charge is -2.21. The molecule has 0 aromatic rings. The van der Waals surface area contributed by atoms with E-state index in [1.54, 1.807) is 6.08 Å². The molecule has 3 unspecified atom stereocenters. The second-order valence-corrected chi connectivity index (χ2v) is 13.8.